The van der Waals surface area contributed by atoms with Crippen LogP contribution in [0.5, 0.6) is 0 Å². The van der Waals surface area contributed by atoms with Gasteiger partial charge in [0.1, 0.15) is 6.54 Å². The fourth-order valence-corrected chi connectivity index (χ4v) is 2.62. The van der Waals surface area contributed by atoms with Crippen molar-refractivity contribution >= 4 is 11.7 Å². The van der Waals surface area contributed by atoms with E-state index in [0.29, 0.717) is 23.9 Å². The van der Waals surface area contributed by atoms with E-state index in [1.165, 1.54) is 4.90 Å². The van der Waals surface area contributed by atoms with Crippen molar-refractivity contribution in [1.82, 2.24) is 24.9 Å². The molecule has 0 saturated carbocycles. The van der Waals surface area contributed by atoms with Crippen molar-refractivity contribution in [1.29, 1.82) is 0 Å². The predicted octanol–water partition coefficient (Wildman–Crippen LogP) is 3.10. The maximum Gasteiger partial charge on any atom is 0.322 e. The average molecular weight is 354 g/mol. The summed E-state index contributed by atoms with van der Waals surface area (Å²) in [6.07, 6.45) is 0.666. The van der Waals surface area contributed by atoms with Crippen LogP contribution in [0, 0.1) is 13.8 Å². The van der Waals surface area contributed by atoms with Gasteiger partial charge in [-0.3, -0.25) is 0 Å². The first-order valence-corrected chi connectivity index (χ1v) is 8.44. The average Bonchev–Trinajstić information content (AvgIpc) is 3.21. The summed E-state index contributed by atoms with van der Waals surface area (Å²) in [6.45, 7) is 6.09. The van der Waals surface area contributed by atoms with Gasteiger partial charge in [0.05, 0.1) is 17.1 Å². The number of hydrogen-bond acceptors (Lipinski definition) is 5. The smallest absolute Gasteiger partial charge is 0.322 e. The molecule has 1 aromatic carbocycles. The SMILES string of the molecule is CCc1nnc(CN(C)C(=O)Nc2ccccc2-n2nc(C)cc2C)o1. The van der Waals surface area contributed by atoms with E-state index in [4.69, 9.17) is 4.42 Å². The Hall–Kier alpha value is -3.16. The zero-order chi connectivity index (χ0) is 18.7. The summed E-state index contributed by atoms with van der Waals surface area (Å²) >= 11 is 0. The molecule has 2 aromatic heterocycles. The van der Waals surface area contributed by atoms with E-state index in [1.54, 1.807) is 7.05 Å². The summed E-state index contributed by atoms with van der Waals surface area (Å²) in [4.78, 5) is 14.1. The second kappa shape index (κ2) is 7.38. The first kappa shape index (κ1) is 17.7. The molecule has 2 amide bonds. The fourth-order valence-electron chi connectivity index (χ4n) is 2.62. The second-order valence-electron chi connectivity index (χ2n) is 6.09. The minimum atomic E-state index is -0.268. The number of carbonyl (C=O) groups is 1. The van der Waals surface area contributed by atoms with Crippen LogP contribution in [0.4, 0.5) is 10.5 Å². The molecule has 0 aliphatic rings. The molecule has 8 heteroatoms. The number of para-hydroxylation sites is 2. The molecule has 3 rings (SSSR count). The van der Waals surface area contributed by atoms with Crippen molar-refractivity contribution in [3.63, 3.8) is 0 Å². The van der Waals surface area contributed by atoms with Crippen LogP contribution < -0.4 is 5.32 Å². The molecular formula is C18H22N6O2. The largest absolute Gasteiger partial charge is 0.423 e. The Kier molecular flexibility index (Phi) is 5.01. The molecule has 0 unspecified atom stereocenters. The highest BCUT2D eigenvalue weighted by Gasteiger charge is 2.16. The molecular weight excluding hydrogens is 332 g/mol. The molecule has 0 fully saturated rings. The van der Waals surface area contributed by atoms with Crippen molar-refractivity contribution in [3.05, 3.63) is 53.5 Å². The van der Waals surface area contributed by atoms with Gasteiger partial charge in [0.15, 0.2) is 0 Å². The topological polar surface area (TPSA) is 89.1 Å². The third kappa shape index (κ3) is 3.74. The van der Waals surface area contributed by atoms with E-state index in [1.807, 2.05) is 55.8 Å². The van der Waals surface area contributed by atoms with E-state index >= 15 is 0 Å². The maximum absolute atomic E-state index is 12.6. The van der Waals surface area contributed by atoms with E-state index < -0.39 is 0 Å². The summed E-state index contributed by atoms with van der Waals surface area (Å²) in [5.41, 5.74) is 3.40. The molecule has 26 heavy (non-hydrogen) atoms. The lowest BCUT2D eigenvalue weighted by molar-refractivity contribution is 0.215. The lowest BCUT2D eigenvalue weighted by Crippen LogP contribution is -2.31. The van der Waals surface area contributed by atoms with E-state index in [2.05, 4.69) is 20.6 Å². The number of carbonyl (C=O) groups excluding carboxylic acids is 1. The number of nitrogens with one attached hydrogen (secondary N) is 1. The van der Waals surface area contributed by atoms with E-state index in [9.17, 15) is 4.79 Å². The molecule has 0 aliphatic heterocycles. The molecule has 0 bridgehead atoms. The van der Waals surface area contributed by atoms with Gasteiger partial charge in [-0.05, 0) is 32.0 Å². The van der Waals surface area contributed by atoms with Crippen LogP contribution in [-0.4, -0.2) is 38.0 Å². The van der Waals surface area contributed by atoms with Gasteiger partial charge in [0.2, 0.25) is 11.8 Å². The van der Waals surface area contributed by atoms with Gasteiger partial charge >= 0.3 is 6.03 Å². The van der Waals surface area contributed by atoms with Gasteiger partial charge in [-0.15, -0.1) is 10.2 Å². The molecule has 3 aromatic rings. The summed E-state index contributed by atoms with van der Waals surface area (Å²) in [5.74, 6) is 0.968. The Bertz CT molecular complexity index is 914. The minimum absolute atomic E-state index is 0.237. The van der Waals surface area contributed by atoms with Gasteiger partial charge < -0.3 is 14.6 Å². The van der Waals surface area contributed by atoms with Crippen LogP contribution in [-0.2, 0) is 13.0 Å². The first-order chi connectivity index (χ1) is 12.5. The van der Waals surface area contributed by atoms with Crippen molar-refractivity contribution < 1.29 is 9.21 Å². The summed E-state index contributed by atoms with van der Waals surface area (Å²) in [7, 11) is 1.68. The number of anilines is 1. The number of nitrogens with zero attached hydrogens (tertiary/aromatic N) is 5. The standard InChI is InChI=1S/C18H22N6O2/c1-5-16-20-21-17(26-16)11-23(4)18(25)19-14-8-6-7-9-15(14)24-13(3)10-12(2)22-24/h6-10H,5,11H2,1-4H3,(H,19,25). The summed E-state index contributed by atoms with van der Waals surface area (Å²) < 4.78 is 7.27. The number of hydrogen-bond donors (Lipinski definition) is 1. The van der Waals surface area contributed by atoms with Crippen LogP contribution in [0.15, 0.2) is 34.7 Å². The van der Waals surface area contributed by atoms with Crippen LogP contribution in [0.2, 0.25) is 0 Å². The molecule has 8 nitrogen and oxygen atoms in total. The zero-order valence-corrected chi connectivity index (χ0v) is 15.4. The number of aryl methyl sites for hydroxylation is 3. The van der Waals surface area contributed by atoms with Crippen molar-refractivity contribution in [2.24, 2.45) is 0 Å². The van der Waals surface area contributed by atoms with Crippen molar-refractivity contribution in [2.75, 3.05) is 12.4 Å². The van der Waals surface area contributed by atoms with E-state index in [-0.39, 0.29) is 12.6 Å². The maximum atomic E-state index is 12.6. The second-order valence-corrected chi connectivity index (χ2v) is 6.09. The minimum Gasteiger partial charge on any atom is -0.423 e. The van der Waals surface area contributed by atoms with Gasteiger partial charge in [0, 0.05) is 19.2 Å². The normalized spacial score (nSPS) is 10.8. The summed E-state index contributed by atoms with van der Waals surface area (Å²) in [6, 6.07) is 9.27. The number of benzene rings is 1. The number of aromatic nitrogens is 4. The van der Waals surface area contributed by atoms with Gasteiger partial charge in [-0.2, -0.15) is 5.10 Å². The highest BCUT2D eigenvalue weighted by atomic mass is 16.4. The lowest BCUT2D eigenvalue weighted by Gasteiger charge is -2.18. The molecule has 2 heterocycles. The Morgan fingerprint density at radius 2 is 1.96 bits per heavy atom. The Morgan fingerprint density at radius 1 is 1.23 bits per heavy atom. The fraction of sp³-hybridized carbons (Fsp3) is 0.333. The molecule has 136 valence electrons. The highest BCUT2D eigenvalue weighted by Crippen LogP contribution is 2.22. The Labute approximate surface area is 151 Å². The van der Waals surface area contributed by atoms with Gasteiger partial charge in [-0.1, -0.05) is 19.1 Å². The first-order valence-electron chi connectivity index (χ1n) is 8.44. The molecule has 0 atom stereocenters. The highest BCUT2D eigenvalue weighted by molar-refractivity contribution is 5.91. The Balaban J connectivity index is 1.76. The van der Waals surface area contributed by atoms with Crippen LogP contribution in [0.1, 0.15) is 30.1 Å². The van der Waals surface area contributed by atoms with Gasteiger partial charge in [0.25, 0.3) is 0 Å². The summed E-state index contributed by atoms with van der Waals surface area (Å²) in [5, 5.41) is 15.3. The molecule has 0 radical (unpaired) electrons. The Morgan fingerprint density at radius 3 is 2.62 bits per heavy atom. The zero-order valence-electron chi connectivity index (χ0n) is 15.4. The molecule has 0 aliphatic carbocycles. The van der Waals surface area contributed by atoms with Crippen LogP contribution in [0.3, 0.4) is 0 Å². The van der Waals surface area contributed by atoms with E-state index in [0.717, 1.165) is 17.1 Å². The monoisotopic (exact) mass is 354 g/mol. The number of urea groups is 1. The van der Waals surface area contributed by atoms with Crippen molar-refractivity contribution in [2.45, 2.75) is 33.7 Å². The lowest BCUT2D eigenvalue weighted by atomic mass is 10.2. The van der Waals surface area contributed by atoms with Crippen molar-refractivity contribution in [3.8, 4) is 5.69 Å². The molecule has 0 saturated heterocycles. The third-order valence-corrected chi connectivity index (χ3v) is 3.91. The van der Waals surface area contributed by atoms with Crippen LogP contribution >= 0.6 is 0 Å². The predicted molar refractivity (Wildman–Crippen MR) is 97.2 cm³/mol. The quantitative estimate of drug-likeness (QED) is 0.760. The third-order valence-electron chi connectivity index (χ3n) is 3.91. The number of rotatable bonds is 5. The molecule has 0 spiro atoms. The molecule has 1 N–H and O–H groups in total. The van der Waals surface area contributed by atoms with Crippen LogP contribution in [0.25, 0.3) is 5.69 Å². The van der Waals surface area contributed by atoms with Gasteiger partial charge in [-0.25, -0.2) is 9.48 Å². The number of amides is 2.